The largest absolute Gasteiger partial charge is 0.497 e. The highest BCUT2D eigenvalue weighted by atomic mass is 32.2. The second-order valence-electron chi connectivity index (χ2n) is 5.30. The molecule has 0 atom stereocenters. The number of aryl methyl sites for hydroxylation is 1. The van der Waals surface area contributed by atoms with Gasteiger partial charge in [0, 0.05) is 16.9 Å². The summed E-state index contributed by atoms with van der Waals surface area (Å²) in [6, 6.07) is 13.9. The summed E-state index contributed by atoms with van der Waals surface area (Å²) in [5.74, 6) is 3.21. The monoisotopic (exact) mass is 341 g/mol. The van der Waals surface area contributed by atoms with Crippen molar-refractivity contribution >= 4 is 11.8 Å². The molecule has 0 saturated carbocycles. The first-order valence-corrected chi connectivity index (χ1v) is 8.51. The zero-order valence-corrected chi connectivity index (χ0v) is 14.7. The van der Waals surface area contributed by atoms with Gasteiger partial charge < -0.3 is 9.47 Å². The third kappa shape index (κ3) is 3.71. The van der Waals surface area contributed by atoms with Crippen molar-refractivity contribution < 1.29 is 9.47 Å². The normalized spacial score (nSPS) is 10.6. The average Bonchev–Trinajstić information content (AvgIpc) is 3.09. The first-order chi connectivity index (χ1) is 11.7. The number of thioether (sulfide) groups is 1. The fourth-order valence-corrected chi connectivity index (χ4v) is 3.13. The molecule has 0 fully saturated rings. The van der Waals surface area contributed by atoms with Crippen LogP contribution < -0.4 is 9.47 Å². The fourth-order valence-electron chi connectivity index (χ4n) is 2.35. The predicted octanol–water partition coefficient (Wildman–Crippen LogP) is 4.09. The topological polar surface area (TPSA) is 60.0 Å². The Bertz CT molecular complexity index is 815. The number of aromatic nitrogens is 3. The summed E-state index contributed by atoms with van der Waals surface area (Å²) >= 11 is 1.58. The van der Waals surface area contributed by atoms with Gasteiger partial charge in [-0.05, 0) is 37.3 Å². The van der Waals surface area contributed by atoms with Crippen molar-refractivity contribution in [1.29, 1.82) is 0 Å². The quantitative estimate of drug-likeness (QED) is 0.684. The molecule has 0 unspecified atom stereocenters. The Morgan fingerprint density at radius 1 is 1.04 bits per heavy atom. The van der Waals surface area contributed by atoms with Gasteiger partial charge in [-0.25, -0.2) is 4.98 Å². The van der Waals surface area contributed by atoms with E-state index in [1.807, 2.05) is 36.4 Å². The number of nitrogens with zero attached hydrogens (tertiary/aromatic N) is 2. The summed E-state index contributed by atoms with van der Waals surface area (Å²) in [6.07, 6.45) is 0. The number of nitrogens with one attached hydrogen (secondary N) is 1. The van der Waals surface area contributed by atoms with E-state index < -0.39 is 0 Å². The third-order valence-corrected chi connectivity index (χ3v) is 4.52. The van der Waals surface area contributed by atoms with E-state index in [2.05, 4.69) is 28.2 Å². The second kappa shape index (κ2) is 7.40. The second-order valence-corrected chi connectivity index (χ2v) is 6.24. The molecule has 0 bridgehead atoms. The summed E-state index contributed by atoms with van der Waals surface area (Å²) in [6.45, 7) is 2.07. The molecule has 0 aliphatic carbocycles. The lowest BCUT2D eigenvalue weighted by Gasteiger charge is -2.08. The smallest absolute Gasteiger partial charge is 0.209 e. The molecule has 2 aromatic carbocycles. The fraction of sp³-hybridized carbons (Fsp3) is 0.222. The molecule has 3 aromatic rings. The minimum absolute atomic E-state index is 0.712. The van der Waals surface area contributed by atoms with Crippen molar-refractivity contribution in [2.24, 2.45) is 0 Å². The van der Waals surface area contributed by atoms with E-state index in [-0.39, 0.29) is 0 Å². The van der Waals surface area contributed by atoms with Crippen LogP contribution in [0.15, 0.2) is 47.6 Å². The van der Waals surface area contributed by atoms with Crippen LogP contribution in [0.4, 0.5) is 0 Å². The van der Waals surface area contributed by atoms with Crippen LogP contribution in [0, 0.1) is 6.92 Å². The number of methoxy groups -OCH3 is 2. The molecule has 24 heavy (non-hydrogen) atoms. The molecule has 1 aromatic heterocycles. The molecule has 3 rings (SSSR count). The van der Waals surface area contributed by atoms with Gasteiger partial charge in [-0.2, -0.15) is 0 Å². The molecule has 124 valence electrons. The van der Waals surface area contributed by atoms with Crippen molar-refractivity contribution in [2.75, 3.05) is 14.2 Å². The van der Waals surface area contributed by atoms with Crippen molar-refractivity contribution in [3.63, 3.8) is 0 Å². The number of H-pyrrole nitrogens is 1. The van der Waals surface area contributed by atoms with Crippen LogP contribution in [0.25, 0.3) is 11.4 Å². The maximum absolute atomic E-state index is 5.41. The summed E-state index contributed by atoms with van der Waals surface area (Å²) in [5, 5.41) is 7.98. The Morgan fingerprint density at radius 2 is 1.83 bits per heavy atom. The highest BCUT2D eigenvalue weighted by Gasteiger charge is 2.09. The van der Waals surface area contributed by atoms with E-state index in [0.29, 0.717) is 5.16 Å². The van der Waals surface area contributed by atoms with Gasteiger partial charge in [-0.1, -0.05) is 29.5 Å². The average molecular weight is 341 g/mol. The Balaban J connectivity index is 1.71. The summed E-state index contributed by atoms with van der Waals surface area (Å²) in [4.78, 5) is 4.54. The van der Waals surface area contributed by atoms with E-state index in [4.69, 9.17) is 9.47 Å². The molecule has 1 heterocycles. The van der Waals surface area contributed by atoms with Crippen LogP contribution in [0.5, 0.6) is 11.5 Å². The Hall–Kier alpha value is -2.47. The van der Waals surface area contributed by atoms with Crippen LogP contribution in [-0.4, -0.2) is 29.4 Å². The number of benzene rings is 2. The zero-order valence-electron chi connectivity index (χ0n) is 13.9. The number of ether oxygens (including phenoxy) is 2. The van der Waals surface area contributed by atoms with Crippen LogP contribution in [0.3, 0.4) is 0 Å². The predicted molar refractivity (Wildman–Crippen MR) is 95.7 cm³/mol. The SMILES string of the molecule is COc1ccc(-c2nc(SCc3cc(C)ccc3OC)n[nH]2)cc1. The number of rotatable bonds is 6. The van der Waals surface area contributed by atoms with Crippen molar-refractivity contribution in [3.05, 3.63) is 53.6 Å². The lowest BCUT2D eigenvalue weighted by molar-refractivity contribution is 0.411. The lowest BCUT2D eigenvalue weighted by atomic mass is 10.1. The van der Waals surface area contributed by atoms with Gasteiger partial charge in [0.05, 0.1) is 14.2 Å². The van der Waals surface area contributed by atoms with Gasteiger partial charge in [-0.15, -0.1) is 5.10 Å². The molecular weight excluding hydrogens is 322 g/mol. The molecular formula is C18H19N3O2S. The van der Waals surface area contributed by atoms with Gasteiger partial charge in [0.1, 0.15) is 11.5 Å². The van der Waals surface area contributed by atoms with Crippen molar-refractivity contribution in [2.45, 2.75) is 17.8 Å². The zero-order chi connectivity index (χ0) is 16.9. The molecule has 0 saturated heterocycles. The molecule has 6 heteroatoms. The number of hydrogen-bond acceptors (Lipinski definition) is 5. The van der Waals surface area contributed by atoms with Crippen molar-refractivity contribution in [3.8, 4) is 22.9 Å². The molecule has 0 aliphatic heterocycles. The van der Waals surface area contributed by atoms with E-state index in [1.54, 1.807) is 26.0 Å². The van der Waals surface area contributed by atoms with E-state index in [0.717, 1.165) is 34.2 Å². The van der Waals surface area contributed by atoms with Crippen LogP contribution in [0.2, 0.25) is 0 Å². The first kappa shape index (κ1) is 16.4. The van der Waals surface area contributed by atoms with E-state index >= 15 is 0 Å². The van der Waals surface area contributed by atoms with Crippen molar-refractivity contribution in [1.82, 2.24) is 15.2 Å². The van der Waals surface area contributed by atoms with Crippen LogP contribution in [0.1, 0.15) is 11.1 Å². The lowest BCUT2D eigenvalue weighted by Crippen LogP contribution is -1.91. The van der Waals surface area contributed by atoms with Gasteiger partial charge in [-0.3, -0.25) is 5.10 Å². The van der Waals surface area contributed by atoms with E-state index in [9.17, 15) is 0 Å². The van der Waals surface area contributed by atoms with Crippen LogP contribution in [-0.2, 0) is 5.75 Å². The third-order valence-electron chi connectivity index (χ3n) is 3.62. The van der Waals surface area contributed by atoms with E-state index in [1.165, 1.54) is 5.56 Å². The Morgan fingerprint density at radius 3 is 2.54 bits per heavy atom. The minimum atomic E-state index is 0.712. The molecule has 5 nitrogen and oxygen atoms in total. The summed E-state index contributed by atoms with van der Waals surface area (Å²) < 4.78 is 10.6. The Kier molecular flexibility index (Phi) is 5.05. The standard InChI is InChI=1S/C18H19N3O2S/c1-12-4-9-16(23-3)14(10-12)11-24-18-19-17(20-21-18)13-5-7-15(22-2)8-6-13/h4-10H,11H2,1-3H3,(H,19,20,21). The first-order valence-electron chi connectivity index (χ1n) is 7.52. The molecule has 1 N–H and O–H groups in total. The van der Waals surface area contributed by atoms with Gasteiger partial charge >= 0.3 is 0 Å². The molecule has 0 aliphatic rings. The van der Waals surface area contributed by atoms with Gasteiger partial charge in [0.2, 0.25) is 5.16 Å². The number of aromatic amines is 1. The van der Waals surface area contributed by atoms with Gasteiger partial charge in [0.15, 0.2) is 5.82 Å². The maximum atomic E-state index is 5.41. The molecule has 0 radical (unpaired) electrons. The summed E-state index contributed by atoms with van der Waals surface area (Å²) in [5.41, 5.74) is 3.32. The maximum Gasteiger partial charge on any atom is 0.209 e. The minimum Gasteiger partial charge on any atom is -0.497 e. The molecule has 0 spiro atoms. The highest BCUT2D eigenvalue weighted by molar-refractivity contribution is 7.98. The molecule has 0 amide bonds. The number of hydrogen-bond donors (Lipinski definition) is 1. The highest BCUT2D eigenvalue weighted by Crippen LogP contribution is 2.28. The Labute approximate surface area is 145 Å². The van der Waals surface area contributed by atoms with Gasteiger partial charge in [0.25, 0.3) is 0 Å². The summed E-state index contributed by atoms with van der Waals surface area (Å²) in [7, 11) is 3.34. The van der Waals surface area contributed by atoms with Crippen LogP contribution >= 0.6 is 11.8 Å².